The van der Waals surface area contributed by atoms with Crippen molar-refractivity contribution >= 4 is 39.1 Å². The molecule has 1 aliphatic heterocycles. The molecule has 1 aliphatic rings. The molecule has 0 aliphatic carbocycles. The van der Waals surface area contributed by atoms with Gasteiger partial charge in [0.25, 0.3) is 0 Å². The third-order valence-corrected chi connectivity index (χ3v) is 6.55. The first kappa shape index (κ1) is 17.6. The summed E-state index contributed by atoms with van der Waals surface area (Å²) in [5, 5.41) is 9.12. The highest BCUT2D eigenvalue weighted by Crippen LogP contribution is 2.45. The Balaban J connectivity index is 2.10. The number of nitriles is 1. The molecular weight excluding hydrogens is 400 g/mol. The van der Waals surface area contributed by atoms with Crippen LogP contribution in [0.3, 0.4) is 0 Å². The molecule has 1 amide bonds. The molecule has 2 heterocycles. The van der Waals surface area contributed by atoms with E-state index in [-0.39, 0.29) is 11.9 Å². The van der Waals surface area contributed by atoms with Gasteiger partial charge in [0.05, 0.1) is 21.8 Å². The molecule has 2 aromatic rings. The van der Waals surface area contributed by atoms with Crippen LogP contribution in [0.5, 0.6) is 0 Å². The van der Waals surface area contributed by atoms with Crippen molar-refractivity contribution in [2.75, 3.05) is 7.05 Å². The van der Waals surface area contributed by atoms with Crippen molar-refractivity contribution in [2.24, 2.45) is 10.7 Å². The van der Waals surface area contributed by atoms with Gasteiger partial charge in [0.15, 0.2) is 5.96 Å². The van der Waals surface area contributed by atoms with E-state index in [1.165, 1.54) is 4.90 Å². The van der Waals surface area contributed by atoms with E-state index in [0.29, 0.717) is 18.4 Å². The Kier molecular flexibility index (Phi) is 4.67. The molecule has 7 heteroatoms. The topological polar surface area (TPSA) is 82.5 Å². The second-order valence-corrected chi connectivity index (χ2v) is 8.35. The number of nitrogens with two attached hydrogens (primary N) is 1. The molecule has 1 atom stereocenters. The first-order chi connectivity index (χ1) is 11.9. The molecule has 2 N–H and O–H groups in total. The SMILES string of the molecule is CC[C@@]1(c2cc(-c3cccc(C#N)c3)c(Br)s2)CC(=O)N(C)C(N)=N1. The summed E-state index contributed by atoms with van der Waals surface area (Å²) < 4.78 is 0.950. The van der Waals surface area contributed by atoms with Crippen LogP contribution < -0.4 is 5.73 Å². The van der Waals surface area contributed by atoms with E-state index in [9.17, 15) is 4.79 Å². The van der Waals surface area contributed by atoms with Crippen LogP contribution in [-0.4, -0.2) is 23.8 Å². The normalized spacial score (nSPS) is 20.3. The molecule has 0 radical (unpaired) electrons. The maximum atomic E-state index is 12.3. The Bertz CT molecular complexity index is 914. The largest absolute Gasteiger partial charge is 0.369 e. The molecule has 5 nitrogen and oxygen atoms in total. The summed E-state index contributed by atoms with van der Waals surface area (Å²) in [6.45, 7) is 2.01. The van der Waals surface area contributed by atoms with Gasteiger partial charge in [-0.05, 0) is 46.1 Å². The Morgan fingerprint density at radius 2 is 2.24 bits per heavy atom. The van der Waals surface area contributed by atoms with Crippen molar-refractivity contribution in [1.29, 1.82) is 5.26 Å². The third-order valence-electron chi connectivity index (χ3n) is 4.52. The fourth-order valence-electron chi connectivity index (χ4n) is 2.90. The summed E-state index contributed by atoms with van der Waals surface area (Å²) in [7, 11) is 1.64. The zero-order valence-electron chi connectivity index (χ0n) is 13.9. The van der Waals surface area contributed by atoms with Gasteiger partial charge >= 0.3 is 0 Å². The molecule has 3 rings (SSSR count). The van der Waals surface area contributed by atoms with Crippen LogP contribution in [0.4, 0.5) is 0 Å². The van der Waals surface area contributed by atoms with Crippen molar-refractivity contribution in [3.05, 3.63) is 44.6 Å². The standard InChI is InChI=1S/C18H17BrN4OS/c1-3-18(9-15(24)23(2)17(21)22-18)14-8-13(16(19)25-14)12-6-4-5-11(7-12)10-20/h4-8H,3,9H2,1-2H3,(H2,21,22)/t18-/m0/s1. The van der Waals surface area contributed by atoms with Crippen LogP contribution in [0, 0.1) is 11.3 Å². The summed E-state index contributed by atoms with van der Waals surface area (Å²) in [5.41, 5.74) is 7.89. The van der Waals surface area contributed by atoms with Crippen LogP contribution in [0.2, 0.25) is 0 Å². The monoisotopic (exact) mass is 416 g/mol. The smallest absolute Gasteiger partial charge is 0.231 e. The van der Waals surface area contributed by atoms with Gasteiger partial charge < -0.3 is 5.73 Å². The first-order valence-electron chi connectivity index (χ1n) is 7.82. The van der Waals surface area contributed by atoms with Gasteiger partial charge in [-0.3, -0.25) is 9.69 Å². The van der Waals surface area contributed by atoms with E-state index in [1.807, 2.05) is 31.2 Å². The van der Waals surface area contributed by atoms with Crippen LogP contribution in [0.25, 0.3) is 11.1 Å². The van der Waals surface area contributed by atoms with Crippen LogP contribution >= 0.6 is 27.3 Å². The van der Waals surface area contributed by atoms with Crippen molar-refractivity contribution in [2.45, 2.75) is 25.3 Å². The molecular formula is C18H17BrN4OS. The van der Waals surface area contributed by atoms with E-state index in [4.69, 9.17) is 11.0 Å². The Hall–Kier alpha value is -2.17. The lowest BCUT2D eigenvalue weighted by molar-refractivity contribution is -0.128. The average Bonchev–Trinajstić information content (AvgIpc) is 3.01. The number of thiophene rings is 1. The molecule has 1 aromatic carbocycles. The number of benzene rings is 1. The van der Waals surface area contributed by atoms with Gasteiger partial charge in [0.2, 0.25) is 5.91 Å². The zero-order chi connectivity index (χ0) is 18.2. The number of aliphatic imine (C=N–C) groups is 1. The second-order valence-electron chi connectivity index (χ2n) is 5.98. The lowest BCUT2D eigenvalue weighted by Gasteiger charge is -2.34. The number of amides is 1. The van der Waals surface area contributed by atoms with Gasteiger partial charge in [-0.1, -0.05) is 19.1 Å². The summed E-state index contributed by atoms with van der Waals surface area (Å²) in [5.74, 6) is 0.211. The molecule has 0 saturated carbocycles. The third kappa shape index (κ3) is 3.08. The number of carbonyl (C=O) groups excluding carboxylic acids is 1. The van der Waals surface area contributed by atoms with Crippen LogP contribution in [-0.2, 0) is 10.3 Å². The quantitative estimate of drug-likeness (QED) is 0.824. The maximum Gasteiger partial charge on any atom is 0.231 e. The van der Waals surface area contributed by atoms with Gasteiger partial charge in [-0.15, -0.1) is 11.3 Å². The van der Waals surface area contributed by atoms with Crippen LogP contribution in [0.15, 0.2) is 39.1 Å². The van der Waals surface area contributed by atoms with E-state index >= 15 is 0 Å². The number of rotatable bonds is 3. The van der Waals surface area contributed by atoms with E-state index in [2.05, 4.69) is 27.0 Å². The van der Waals surface area contributed by atoms with Crippen molar-refractivity contribution in [1.82, 2.24) is 4.90 Å². The maximum absolute atomic E-state index is 12.3. The number of halogens is 1. The molecule has 25 heavy (non-hydrogen) atoms. The summed E-state index contributed by atoms with van der Waals surface area (Å²) >= 11 is 5.18. The van der Waals surface area contributed by atoms with E-state index < -0.39 is 5.54 Å². The predicted molar refractivity (Wildman–Crippen MR) is 103 cm³/mol. The first-order valence-corrected chi connectivity index (χ1v) is 9.43. The van der Waals surface area contributed by atoms with Gasteiger partial charge in [0.1, 0.15) is 5.54 Å². The summed E-state index contributed by atoms with van der Waals surface area (Å²) in [6, 6.07) is 11.7. The summed E-state index contributed by atoms with van der Waals surface area (Å²) in [6.07, 6.45) is 0.975. The second kappa shape index (κ2) is 6.62. The molecule has 0 spiro atoms. The molecule has 0 fully saturated rings. The van der Waals surface area contributed by atoms with Crippen LogP contribution in [0.1, 0.15) is 30.2 Å². The van der Waals surface area contributed by atoms with Gasteiger partial charge in [-0.2, -0.15) is 5.26 Å². The number of nitrogens with zero attached hydrogens (tertiary/aromatic N) is 3. The molecule has 128 valence electrons. The number of hydrogen-bond acceptors (Lipinski definition) is 5. The van der Waals surface area contributed by atoms with Crippen molar-refractivity contribution in [3.8, 4) is 17.2 Å². The number of carbonyl (C=O) groups is 1. The minimum absolute atomic E-state index is 0.0353. The highest BCUT2D eigenvalue weighted by atomic mass is 79.9. The number of hydrogen-bond donors (Lipinski definition) is 1. The molecule has 1 aromatic heterocycles. The van der Waals surface area contributed by atoms with Crippen molar-refractivity contribution in [3.63, 3.8) is 0 Å². The Labute approximate surface area is 158 Å². The highest BCUT2D eigenvalue weighted by molar-refractivity contribution is 9.11. The lowest BCUT2D eigenvalue weighted by Crippen LogP contribution is -2.48. The molecule has 0 saturated heterocycles. The molecule has 0 unspecified atom stereocenters. The average molecular weight is 417 g/mol. The zero-order valence-corrected chi connectivity index (χ0v) is 16.3. The predicted octanol–water partition coefficient (Wildman–Crippen LogP) is 3.83. The summed E-state index contributed by atoms with van der Waals surface area (Å²) in [4.78, 5) is 19.4. The minimum Gasteiger partial charge on any atom is -0.369 e. The highest BCUT2D eigenvalue weighted by Gasteiger charge is 2.40. The van der Waals surface area contributed by atoms with E-state index in [0.717, 1.165) is 19.8 Å². The number of guanidine groups is 1. The van der Waals surface area contributed by atoms with Crippen molar-refractivity contribution < 1.29 is 4.79 Å². The lowest BCUT2D eigenvalue weighted by atomic mass is 9.88. The van der Waals surface area contributed by atoms with Gasteiger partial charge in [0, 0.05) is 17.5 Å². The van der Waals surface area contributed by atoms with Gasteiger partial charge in [-0.25, -0.2) is 4.99 Å². The van der Waals surface area contributed by atoms with E-state index in [1.54, 1.807) is 24.5 Å². The fourth-order valence-corrected chi connectivity index (χ4v) is 4.88. The Morgan fingerprint density at radius 3 is 2.88 bits per heavy atom. The minimum atomic E-state index is -0.633. The fraction of sp³-hybridized carbons (Fsp3) is 0.278. The molecule has 0 bridgehead atoms. The Morgan fingerprint density at radius 1 is 1.48 bits per heavy atom.